The van der Waals surface area contributed by atoms with Gasteiger partial charge in [-0.1, -0.05) is 24.3 Å². The van der Waals surface area contributed by atoms with Crippen molar-refractivity contribution in [2.24, 2.45) is 0 Å². The number of aromatic nitrogens is 1. The van der Waals surface area contributed by atoms with E-state index in [9.17, 15) is 0 Å². The Hall–Kier alpha value is -1.67. The van der Waals surface area contributed by atoms with Crippen molar-refractivity contribution >= 4 is 22.2 Å². The van der Waals surface area contributed by atoms with Crippen LogP contribution in [0.25, 0.3) is 22.0 Å². The number of hydrogen-bond donors (Lipinski definition) is 0. The summed E-state index contributed by atoms with van der Waals surface area (Å²) in [6.07, 6.45) is 0. The molecule has 78 valence electrons. The largest absolute Gasteiger partial charge is 0.252 e. The highest BCUT2D eigenvalue weighted by atomic mass is 32.1. The summed E-state index contributed by atoms with van der Waals surface area (Å²) in [7, 11) is 0. The molecule has 0 aliphatic heterocycles. The van der Waals surface area contributed by atoms with Crippen molar-refractivity contribution in [1.29, 1.82) is 0 Å². The molecule has 16 heavy (non-hydrogen) atoms. The molecule has 2 heteroatoms. The first-order valence-electron chi connectivity index (χ1n) is 5.23. The molecule has 0 fully saturated rings. The molecule has 2 aromatic heterocycles. The van der Waals surface area contributed by atoms with E-state index in [1.807, 2.05) is 6.92 Å². The molecular formula is C14H11NS. The minimum atomic E-state index is 1.06. The van der Waals surface area contributed by atoms with Gasteiger partial charge >= 0.3 is 0 Å². The predicted molar refractivity (Wildman–Crippen MR) is 69.8 cm³/mol. The van der Waals surface area contributed by atoms with Gasteiger partial charge in [-0.3, -0.25) is 4.98 Å². The fraction of sp³-hybridized carbons (Fsp3) is 0.0714. The van der Waals surface area contributed by atoms with E-state index in [-0.39, 0.29) is 0 Å². The minimum Gasteiger partial charge on any atom is -0.252 e. The lowest BCUT2D eigenvalue weighted by molar-refractivity contribution is 1.26. The topological polar surface area (TPSA) is 12.9 Å². The molecule has 0 unspecified atom stereocenters. The van der Waals surface area contributed by atoms with Crippen molar-refractivity contribution in [2.45, 2.75) is 6.92 Å². The van der Waals surface area contributed by atoms with E-state index in [1.165, 1.54) is 16.5 Å². The van der Waals surface area contributed by atoms with Gasteiger partial charge in [-0.05, 0) is 35.4 Å². The van der Waals surface area contributed by atoms with Gasteiger partial charge in [0, 0.05) is 16.6 Å². The third-order valence-corrected chi connectivity index (χ3v) is 3.37. The molecule has 0 N–H and O–H groups in total. The Bertz CT molecular complexity index is 626. The highest BCUT2D eigenvalue weighted by Crippen LogP contribution is 2.28. The fourth-order valence-electron chi connectivity index (χ4n) is 1.90. The molecule has 1 nitrogen and oxygen atoms in total. The molecule has 3 rings (SSSR count). The minimum absolute atomic E-state index is 1.06. The predicted octanol–water partition coefficient (Wildman–Crippen LogP) is 4.27. The monoisotopic (exact) mass is 225 g/mol. The second-order valence-electron chi connectivity index (χ2n) is 3.84. The standard InChI is InChI=1S/C14H11NS/c1-10-5-6-11-3-2-4-13(14(11)15-10)12-7-8-16-9-12/h2-9H,1H3. The van der Waals surface area contributed by atoms with Crippen molar-refractivity contribution < 1.29 is 0 Å². The maximum absolute atomic E-state index is 4.64. The first-order chi connectivity index (χ1) is 7.84. The first-order valence-corrected chi connectivity index (χ1v) is 6.18. The van der Waals surface area contributed by atoms with Gasteiger partial charge in [0.05, 0.1) is 5.52 Å². The van der Waals surface area contributed by atoms with Crippen molar-refractivity contribution in [3.8, 4) is 11.1 Å². The smallest absolute Gasteiger partial charge is 0.0783 e. The van der Waals surface area contributed by atoms with Crippen molar-refractivity contribution in [3.05, 3.63) is 52.9 Å². The molecule has 0 amide bonds. The lowest BCUT2D eigenvalue weighted by atomic mass is 10.0. The molecule has 0 spiro atoms. The third kappa shape index (κ3) is 1.51. The van der Waals surface area contributed by atoms with Gasteiger partial charge in [-0.15, -0.1) is 0 Å². The van der Waals surface area contributed by atoms with Crippen LogP contribution >= 0.6 is 11.3 Å². The van der Waals surface area contributed by atoms with Gasteiger partial charge in [0.1, 0.15) is 0 Å². The summed E-state index contributed by atoms with van der Waals surface area (Å²) in [4.78, 5) is 4.64. The Morgan fingerprint density at radius 2 is 2.00 bits per heavy atom. The highest BCUT2D eigenvalue weighted by Gasteiger charge is 2.04. The number of thiophene rings is 1. The zero-order chi connectivity index (χ0) is 11.0. The number of para-hydroxylation sites is 1. The maximum Gasteiger partial charge on any atom is 0.0783 e. The highest BCUT2D eigenvalue weighted by molar-refractivity contribution is 7.08. The molecule has 1 aromatic carbocycles. The lowest BCUT2D eigenvalue weighted by Gasteiger charge is -2.04. The molecule has 0 bridgehead atoms. The molecule has 0 atom stereocenters. The molecule has 0 radical (unpaired) electrons. The second-order valence-corrected chi connectivity index (χ2v) is 4.62. The quantitative estimate of drug-likeness (QED) is 0.602. The summed E-state index contributed by atoms with van der Waals surface area (Å²) in [6, 6.07) is 12.7. The Kier molecular flexibility index (Phi) is 2.22. The second kappa shape index (κ2) is 3.72. The van der Waals surface area contributed by atoms with Crippen LogP contribution in [0.5, 0.6) is 0 Å². The third-order valence-electron chi connectivity index (χ3n) is 2.69. The molecule has 0 aliphatic rings. The Labute approximate surface area is 98.4 Å². The van der Waals surface area contributed by atoms with Crippen LogP contribution in [0, 0.1) is 6.92 Å². The summed E-state index contributed by atoms with van der Waals surface area (Å²) >= 11 is 1.72. The van der Waals surface area contributed by atoms with Crippen LogP contribution < -0.4 is 0 Å². The number of fused-ring (bicyclic) bond motifs is 1. The van der Waals surface area contributed by atoms with Crippen LogP contribution in [0.1, 0.15) is 5.69 Å². The number of pyridine rings is 1. The average Bonchev–Trinajstić information content (AvgIpc) is 2.81. The molecule has 0 saturated carbocycles. The van der Waals surface area contributed by atoms with E-state index in [1.54, 1.807) is 11.3 Å². The average molecular weight is 225 g/mol. The number of hydrogen-bond acceptors (Lipinski definition) is 2. The molecule has 0 saturated heterocycles. The van der Waals surface area contributed by atoms with Crippen LogP contribution in [0.2, 0.25) is 0 Å². The number of rotatable bonds is 1. The van der Waals surface area contributed by atoms with Gasteiger partial charge in [-0.2, -0.15) is 11.3 Å². The molecular weight excluding hydrogens is 214 g/mol. The van der Waals surface area contributed by atoms with Gasteiger partial charge in [0.2, 0.25) is 0 Å². The van der Waals surface area contributed by atoms with Crippen LogP contribution in [-0.2, 0) is 0 Å². The van der Waals surface area contributed by atoms with Gasteiger partial charge in [-0.25, -0.2) is 0 Å². The summed E-state index contributed by atoms with van der Waals surface area (Å²) in [5, 5.41) is 5.47. The summed E-state index contributed by atoms with van der Waals surface area (Å²) in [6.45, 7) is 2.03. The fourth-order valence-corrected chi connectivity index (χ4v) is 2.55. The summed E-state index contributed by atoms with van der Waals surface area (Å²) in [5.74, 6) is 0. The van der Waals surface area contributed by atoms with Gasteiger partial charge in [0.15, 0.2) is 0 Å². The normalized spacial score (nSPS) is 10.8. The number of benzene rings is 1. The summed E-state index contributed by atoms with van der Waals surface area (Å²) < 4.78 is 0. The van der Waals surface area contributed by atoms with E-state index in [0.717, 1.165) is 11.2 Å². The van der Waals surface area contributed by atoms with E-state index >= 15 is 0 Å². The first kappa shape index (κ1) is 9.55. The van der Waals surface area contributed by atoms with Gasteiger partial charge in [0.25, 0.3) is 0 Å². The zero-order valence-electron chi connectivity index (χ0n) is 8.97. The van der Waals surface area contributed by atoms with Crippen molar-refractivity contribution in [2.75, 3.05) is 0 Å². The maximum atomic E-state index is 4.64. The van der Waals surface area contributed by atoms with Crippen LogP contribution in [0.4, 0.5) is 0 Å². The Morgan fingerprint density at radius 1 is 1.06 bits per heavy atom. The van der Waals surface area contributed by atoms with Crippen LogP contribution in [0.3, 0.4) is 0 Å². The van der Waals surface area contributed by atoms with Crippen molar-refractivity contribution in [1.82, 2.24) is 4.98 Å². The molecule has 2 heterocycles. The van der Waals surface area contributed by atoms with Crippen molar-refractivity contribution in [3.63, 3.8) is 0 Å². The van der Waals surface area contributed by atoms with E-state index in [0.29, 0.717) is 0 Å². The number of nitrogens with zero attached hydrogens (tertiary/aromatic N) is 1. The van der Waals surface area contributed by atoms with Crippen LogP contribution in [0.15, 0.2) is 47.2 Å². The van der Waals surface area contributed by atoms with E-state index in [2.05, 4.69) is 52.1 Å². The Morgan fingerprint density at radius 3 is 2.81 bits per heavy atom. The van der Waals surface area contributed by atoms with E-state index < -0.39 is 0 Å². The number of aryl methyl sites for hydroxylation is 1. The van der Waals surface area contributed by atoms with Crippen LogP contribution in [-0.4, -0.2) is 4.98 Å². The summed E-state index contributed by atoms with van der Waals surface area (Å²) in [5.41, 5.74) is 4.65. The zero-order valence-corrected chi connectivity index (χ0v) is 9.79. The lowest BCUT2D eigenvalue weighted by Crippen LogP contribution is -1.86. The molecule has 3 aromatic rings. The molecule has 0 aliphatic carbocycles. The SMILES string of the molecule is Cc1ccc2cccc(-c3ccsc3)c2n1. The van der Waals surface area contributed by atoms with Gasteiger partial charge < -0.3 is 0 Å². The van der Waals surface area contributed by atoms with E-state index in [4.69, 9.17) is 0 Å². The Balaban J connectivity index is 2.36.